The minimum atomic E-state index is -0.229. The second kappa shape index (κ2) is 5.66. The molecule has 0 atom stereocenters. The fourth-order valence-electron chi connectivity index (χ4n) is 2.40. The summed E-state index contributed by atoms with van der Waals surface area (Å²) < 4.78 is 0. The molecule has 1 aliphatic carbocycles. The fourth-order valence-corrected chi connectivity index (χ4v) is 3.26. The van der Waals surface area contributed by atoms with Crippen LogP contribution in [0.25, 0.3) is 10.3 Å². The van der Waals surface area contributed by atoms with Crippen molar-refractivity contribution in [2.75, 3.05) is 6.54 Å². The molecule has 20 heavy (non-hydrogen) atoms. The SMILES string of the molecule is O=CCCNC(=O)c1nc2cc3c(nc2s1)CCCC3. The Balaban J connectivity index is 1.86. The second-order valence-electron chi connectivity index (χ2n) is 4.86. The van der Waals surface area contributed by atoms with E-state index in [0.29, 0.717) is 18.0 Å². The molecule has 1 aliphatic rings. The monoisotopic (exact) mass is 289 g/mol. The number of carbonyl (C=O) groups excluding carboxylic acids is 2. The lowest BCUT2D eigenvalue weighted by atomic mass is 9.96. The molecule has 0 fully saturated rings. The van der Waals surface area contributed by atoms with Crippen LogP contribution in [-0.4, -0.2) is 28.7 Å². The van der Waals surface area contributed by atoms with Gasteiger partial charge in [0.15, 0.2) is 5.01 Å². The van der Waals surface area contributed by atoms with Gasteiger partial charge in [0.05, 0.1) is 0 Å². The van der Waals surface area contributed by atoms with Gasteiger partial charge < -0.3 is 10.1 Å². The maximum absolute atomic E-state index is 11.9. The van der Waals surface area contributed by atoms with Crippen molar-refractivity contribution in [3.05, 3.63) is 22.3 Å². The number of aryl methyl sites for hydroxylation is 2. The van der Waals surface area contributed by atoms with Crippen LogP contribution in [0, 0.1) is 0 Å². The Morgan fingerprint density at radius 2 is 2.20 bits per heavy atom. The number of aromatic nitrogens is 2. The summed E-state index contributed by atoms with van der Waals surface area (Å²) in [6, 6.07) is 2.07. The highest BCUT2D eigenvalue weighted by Gasteiger charge is 2.17. The summed E-state index contributed by atoms with van der Waals surface area (Å²) in [7, 11) is 0. The molecule has 0 bridgehead atoms. The lowest BCUT2D eigenvalue weighted by molar-refractivity contribution is -0.107. The van der Waals surface area contributed by atoms with E-state index in [-0.39, 0.29) is 5.91 Å². The number of nitrogens with one attached hydrogen (secondary N) is 1. The van der Waals surface area contributed by atoms with Crippen molar-refractivity contribution in [1.29, 1.82) is 0 Å². The number of pyridine rings is 1. The molecule has 0 aliphatic heterocycles. The minimum Gasteiger partial charge on any atom is -0.350 e. The number of amides is 1. The smallest absolute Gasteiger partial charge is 0.280 e. The van der Waals surface area contributed by atoms with Gasteiger partial charge in [-0.25, -0.2) is 9.97 Å². The molecule has 5 nitrogen and oxygen atoms in total. The van der Waals surface area contributed by atoms with Gasteiger partial charge in [-0.2, -0.15) is 0 Å². The first-order valence-electron chi connectivity index (χ1n) is 6.79. The third-order valence-electron chi connectivity index (χ3n) is 3.40. The quantitative estimate of drug-likeness (QED) is 0.689. The van der Waals surface area contributed by atoms with E-state index in [4.69, 9.17) is 0 Å². The first kappa shape index (κ1) is 13.2. The zero-order valence-electron chi connectivity index (χ0n) is 11.0. The maximum atomic E-state index is 11.9. The molecule has 2 aromatic rings. The average molecular weight is 289 g/mol. The first-order valence-corrected chi connectivity index (χ1v) is 7.61. The second-order valence-corrected chi connectivity index (χ2v) is 5.83. The molecule has 1 N–H and O–H groups in total. The number of fused-ring (bicyclic) bond motifs is 2. The van der Waals surface area contributed by atoms with Crippen LogP contribution in [0.3, 0.4) is 0 Å². The first-order chi connectivity index (χ1) is 9.78. The van der Waals surface area contributed by atoms with Crippen LogP contribution >= 0.6 is 11.3 Å². The van der Waals surface area contributed by atoms with Crippen LogP contribution in [0.1, 0.15) is 40.3 Å². The van der Waals surface area contributed by atoms with Gasteiger partial charge in [0.2, 0.25) is 0 Å². The zero-order valence-corrected chi connectivity index (χ0v) is 11.8. The standard InChI is InChI=1S/C14H15N3O2S/c18-7-3-6-15-12(19)14-17-11-8-9-4-1-2-5-10(9)16-13(11)20-14/h7-8H,1-6H2,(H,15,19). The largest absolute Gasteiger partial charge is 0.350 e. The summed E-state index contributed by atoms with van der Waals surface area (Å²) in [5.74, 6) is -0.229. The van der Waals surface area contributed by atoms with Gasteiger partial charge in [-0.05, 0) is 37.3 Å². The summed E-state index contributed by atoms with van der Waals surface area (Å²) in [4.78, 5) is 32.0. The third-order valence-corrected chi connectivity index (χ3v) is 4.37. The van der Waals surface area contributed by atoms with Crippen LogP contribution < -0.4 is 5.32 Å². The van der Waals surface area contributed by atoms with Gasteiger partial charge in [0, 0.05) is 18.7 Å². The Hall–Kier alpha value is -1.82. The van der Waals surface area contributed by atoms with Gasteiger partial charge in [-0.3, -0.25) is 4.79 Å². The number of carbonyl (C=O) groups is 2. The predicted molar refractivity (Wildman–Crippen MR) is 77.1 cm³/mol. The molecular formula is C14H15N3O2S. The van der Waals surface area contributed by atoms with E-state index in [1.54, 1.807) is 0 Å². The van der Waals surface area contributed by atoms with Crippen molar-refractivity contribution < 1.29 is 9.59 Å². The molecule has 0 aromatic carbocycles. The van der Waals surface area contributed by atoms with E-state index in [1.165, 1.54) is 29.7 Å². The maximum Gasteiger partial charge on any atom is 0.280 e. The summed E-state index contributed by atoms with van der Waals surface area (Å²) in [6.45, 7) is 0.349. The van der Waals surface area contributed by atoms with Crippen molar-refractivity contribution in [1.82, 2.24) is 15.3 Å². The number of nitrogens with zero attached hydrogens (tertiary/aromatic N) is 2. The molecule has 2 aromatic heterocycles. The molecule has 0 unspecified atom stereocenters. The van der Waals surface area contributed by atoms with Gasteiger partial charge >= 0.3 is 0 Å². The van der Waals surface area contributed by atoms with Crippen molar-refractivity contribution in [3.8, 4) is 0 Å². The van der Waals surface area contributed by atoms with Crippen LogP contribution in [-0.2, 0) is 17.6 Å². The summed E-state index contributed by atoms with van der Waals surface area (Å²) in [6.07, 6.45) is 5.56. The fraction of sp³-hybridized carbons (Fsp3) is 0.429. The predicted octanol–water partition coefficient (Wildman–Crippen LogP) is 1.89. The van der Waals surface area contributed by atoms with Gasteiger partial charge in [0.1, 0.15) is 16.6 Å². The zero-order chi connectivity index (χ0) is 13.9. The highest BCUT2D eigenvalue weighted by molar-refractivity contribution is 7.19. The molecule has 1 amide bonds. The van der Waals surface area contributed by atoms with Crippen LogP contribution in [0.2, 0.25) is 0 Å². The van der Waals surface area contributed by atoms with Gasteiger partial charge in [-0.15, -0.1) is 0 Å². The molecule has 0 radical (unpaired) electrons. The Kier molecular flexibility index (Phi) is 3.73. The number of thiazole rings is 1. The summed E-state index contributed by atoms with van der Waals surface area (Å²) in [5, 5.41) is 3.10. The molecule has 6 heteroatoms. The number of hydrogen-bond acceptors (Lipinski definition) is 5. The lowest BCUT2D eigenvalue weighted by Crippen LogP contribution is -2.24. The van der Waals surface area contributed by atoms with Crippen molar-refractivity contribution in [2.45, 2.75) is 32.1 Å². The van der Waals surface area contributed by atoms with Crippen LogP contribution in [0.4, 0.5) is 0 Å². The Morgan fingerprint density at radius 3 is 3.05 bits per heavy atom. The van der Waals surface area contributed by atoms with Crippen LogP contribution in [0.15, 0.2) is 6.07 Å². The van der Waals surface area contributed by atoms with E-state index < -0.39 is 0 Å². The topological polar surface area (TPSA) is 72.0 Å². The Labute approximate surface area is 120 Å². The third kappa shape index (κ3) is 2.56. The summed E-state index contributed by atoms with van der Waals surface area (Å²) >= 11 is 1.31. The van der Waals surface area contributed by atoms with Crippen molar-refractivity contribution in [3.63, 3.8) is 0 Å². The van der Waals surface area contributed by atoms with E-state index >= 15 is 0 Å². The minimum absolute atomic E-state index is 0.229. The number of hydrogen-bond donors (Lipinski definition) is 1. The van der Waals surface area contributed by atoms with E-state index in [2.05, 4.69) is 21.4 Å². The molecule has 3 rings (SSSR count). The van der Waals surface area contributed by atoms with Crippen molar-refractivity contribution in [2.24, 2.45) is 0 Å². The summed E-state index contributed by atoms with van der Waals surface area (Å²) in [5.41, 5.74) is 3.22. The van der Waals surface area contributed by atoms with Crippen LogP contribution in [0.5, 0.6) is 0 Å². The number of rotatable bonds is 4. The highest BCUT2D eigenvalue weighted by Crippen LogP contribution is 2.27. The molecule has 104 valence electrons. The average Bonchev–Trinajstić information content (AvgIpc) is 2.87. The van der Waals surface area contributed by atoms with E-state index in [9.17, 15) is 9.59 Å². The van der Waals surface area contributed by atoms with Gasteiger partial charge in [-0.1, -0.05) is 11.3 Å². The Morgan fingerprint density at radius 1 is 1.35 bits per heavy atom. The highest BCUT2D eigenvalue weighted by atomic mass is 32.1. The van der Waals surface area contributed by atoms with E-state index in [0.717, 1.165) is 35.2 Å². The molecule has 2 heterocycles. The molecule has 0 saturated carbocycles. The lowest BCUT2D eigenvalue weighted by Gasteiger charge is -2.13. The molecular weight excluding hydrogens is 274 g/mol. The molecule has 0 spiro atoms. The normalized spacial score (nSPS) is 14.0. The Bertz CT molecular complexity index is 623. The molecule has 0 saturated heterocycles. The number of aldehydes is 1. The van der Waals surface area contributed by atoms with E-state index in [1.807, 2.05) is 0 Å². The van der Waals surface area contributed by atoms with Crippen molar-refractivity contribution >= 4 is 33.9 Å². The van der Waals surface area contributed by atoms with Gasteiger partial charge in [0.25, 0.3) is 5.91 Å².